The molecular formula is C26H38F3N3O4S2. The van der Waals surface area contributed by atoms with Crippen LogP contribution in [0.5, 0.6) is 0 Å². The fourth-order valence-corrected chi connectivity index (χ4v) is 8.21. The largest absolute Gasteiger partial charge is 0.417 e. The smallest absolute Gasteiger partial charge is 0.343 e. The number of nitrogens with zero attached hydrogens (tertiary/aromatic N) is 2. The predicted molar refractivity (Wildman–Crippen MR) is 141 cm³/mol. The van der Waals surface area contributed by atoms with Crippen LogP contribution in [0.2, 0.25) is 0 Å². The van der Waals surface area contributed by atoms with Crippen LogP contribution in [0.1, 0.15) is 77.5 Å². The van der Waals surface area contributed by atoms with Gasteiger partial charge in [-0.25, -0.2) is 22.0 Å². The first-order chi connectivity index (χ1) is 17.4. The number of hydrogen-bond acceptors (Lipinski definition) is 4. The van der Waals surface area contributed by atoms with Gasteiger partial charge < -0.3 is 4.57 Å². The number of rotatable bonds is 9. The van der Waals surface area contributed by atoms with Gasteiger partial charge in [0.25, 0.3) is 0 Å². The minimum atomic E-state index is -4.97. The fourth-order valence-electron chi connectivity index (χ4n) is 5.36. The van der Waals surface area contributed by atoms with E-state index >= 15 is 0 Å². The van der Waals surface area contributed by atoms with Gasteiger partial charge in [0, 0.05) is 30.0 Å². The standard InChI is InChI=1S/C26H38F3N3O4S2/c1-6-25(4,5)32(7-2)38(35,36)23-14-13-20(15-21(23)26(27,28)29)22-16-24(37(30,33)34)18(3)31(22)17-19-11-9-8-10-12-19/h13-16,19H,6-12,17H2,1-5H3,(H2,30,33,34). The minimum Gasteiger partial charge on any atom is -0.343 e. The Morgan fingerprint density at radius 3 is 2.11 bits per heavy atom. The monoisotopic (exact) mass is 577 g/mol. The van der Waals surface area contributed by atoms with E-state index in [1.165, 1.54) is 12.1 Å². The van der Waals surface area contributed by atoms with Crippen molar-refractivity contribution in [2.45, 2.75) is 101 Å². The highest BCUT2D eigenvalue weighted by Gasteiger charge is 2.42. The molecule has 1 aromatic carbocycles. The topological polar surface area (TPSA) is 102 Å². The number of alkyl halides is 3. The van der Waals surface area contributed by atoms with Crippen molar-refractivity contribution in [1.82, 2.24) is 8.87 Å². The zero-order valence-electron chi connectivity index (χ0n) is 22.6. The molecule has 1 saturated carbocycles. The van der Waals surface area contributed by atoms with E-state index in [1.807, 2.05) is 0 Å². The third-order valence-corrected chi connectivity index (χ3v) is 11.0. The summed E-state index contributed by atoms with van der Waals surface area (Å²) in [5.74, 6) is 0.248. The van der Waals surface area contributed by atoms with E-state index in [4.69, 9.17) is 5.14 Å². The number of nitrogens with two attached hydrogens (primary N) is 1. The average Bonchev–Trinajstić information content (AvgIpc) is 3.15. The third kappa shape index (κ3) is 6.13. The number of sulfonamides is 2. The minimum absolute atomic E-state index is 0.00335. The van der Waals surface area contributed by atoms with Crippen molar-refractivity contribution in [3.05, 3.63) is 35.5 Å². The average molecular weight is 578 g/mol. The molecule has 1 aromatic heterocycles. The molecule has 0 aliphatic heterocycles. The van der Waals surface area contributed by atoms with Crippen molar-refractivity contribution in [1.29, 1.82) is 0 Å². The second-order valence-corrected chi connectivity index (χ2v) is 14.0. The lowest BCUT2D eigenvalue weighted by molar-refractivity contribution is -0.139. The van der Waals surface area contributed by atoms with E-state index < -0.39 is 42.2 Å². The molecule has 3 rings (SSSR count). The molecule has 2 N–H and O–H groups in total. The van der Waals surface area contributed by atoms with Gasteiger partial charge in [0.15, 0.2) is 0 Å². The molecule has 1 aliphatic carbocycles. The molecule has 1 fully saturated rings. The zero-order valence-corrected chi connectivity index (χ0v) is 24.2. The molecule has 38 heavy (non-hydrogen) atoms. The first-order valence-corrected chi connectivity index (χ1v) is 15.9. The Bertz CT molecular complexity index is 1380. The van der Waals surface area contributed by atoms with Gasteiger partial charge >= 0.3 is 6.18 Å². The highest BCUT2D eigenvalue weighted by Crippen LogP contribution is 2.41. The summed E-state index contributed by atoms with van der Waals surface area (Å²) in [6, 6.07) is 4.38. The van der Waals surface area contributed by atoms with Crippen LogP contribution in [0.15, 0.2) is 34.1 Å². The van der Waals surface area contributed by atoms with Gasteiger partial charge in [-0.1, -0.05) is 39.2 Å². The lowest BCUT2D eigenvalue weighted by Gasteiger charge is -2.36. The van der Waals surface area contributed by atoms with Crippen LogP contribution >= 0.6 is 0 Å². The number of halogens is 3. The summed E-state index contributed by atoms with van der Waals surface area (Å²) in [5, 5.41) is 5.43. The van der Waals surface area contributed by atoms with Crippen molar-refractivity contribution < 1.29 is 30.0 Å². The molecule has 0 unspecified atom stereocenters. The summed E-state index contributed by atoms with van der Waals surface area (Å²) in [6.45, 7) is 8.73. The number of primary sulfonamides is 1. The van der Waals surface area contributed by atoms with Crippen molar-refractivity contribution in [3.8, 4) is 11.3 Å². The molecule has 0 amide bonds. The SMILES string of the molecule is CCN(C(C)(C)CC)S(=O)(=O)c1ccc(-c2cc(S(N)(=O)=O)c(C)n2CC2CCCCC2)cc1C(F)(F)F. The van der Waals surface area contributed by atoms with Gasteiger partial charge in [0.05, 0.1) is 10.5 Å². The fraction of sp³-hybridized carbons (Fsp3) is 0.615. The van der Waals surface area contributed by atoms with E-state index in [9.17, 15) is 30.0 Å². The predicted octanol–water partition coefficient (Wildman–Crippen LogP) is 5.91. The second kappa shape index (κ2) is 10.9. The molecule has 1 aliphatic rings. The van der Waals surface area contributed by atoms with E-state index in [2.05, 4.69) is 0 Å². The van der Waals surface area contributed by atoms with E-state index in [1.54, 1.807) is 39.2 Å². The molecular weight excluding hydrogens is 539 g/mol. The van der Waals surface area contributed by atoms with Gasteiger partial charge in [0.1, 0.15) is 4.90 Å². The molecule has 2 aromatic rings. The molecule has 0 radical (unpaired) electrons. The van der Waals surface area contributed by atoms with E-state index in [0.29, 0.717) is 18.7 Å². The summed E-state index contributed by atoms with van der Waals surface area (Å²) in [4.78, 5) is -0.985. The Morgan fingerprint density at radius 1 is 1.00 bits per heavy atom. The first kappa shape index (κ1) is 30.6. The van der Waals surface area contributed by atoms with Crippen LogP contribution in [0.4, 0.5) is 13.2 Å². The maximum atomic E-state index is 14.4. The molecule has 0 spiro atoms. The normalized spacial score (nSPS) is 16.4. The Labute approximate surface area is 224 Å². The van der Waals surface area contributed by atoms with E-state index in [0.717, 1.165) is 48.5 Å². The molecule has 7 nitrogen and oxygen atoms in total. The Hall–Kier alpha value is -1.89. The molecule has 0 saturated heterocycles. The Morgan fingerprint density at radius 2 is 1.61 bits per heavy atom. The van der Waals surface area contributed by atoms with Crippen molar-refractivity contribution >= 4 is 20.0 Å². The highest BCUT2D eigenvalue weighted by atomic mass is 32.2. The van der Waals surface area contributed by atoms with Crippen molar-refractivity contribution in [3.63, 3.8) is 0 Å². The number of hydrogen-bond donors (Lipinski definition) is 1. The van der Waals surface area contributed by atoms with Crippen molar-refractivity contribution in [2.75, 3.05) is 6.54 Å². The summed E-state index contributed by atoms with van der Waals surface area (Å²) in [6.07, 6.45) is 0.505. The quantitative estimate of drug-likeness (QED) is 0.400. The van der Waals surface area contributed by atoms with Gasteiger partial charge in [-0.3, -0.25) is 0 Å². The van der Waals surface area contributed by atoms with Gasteiger partial charge in [-0.05, 0) is 69.7 Å². The van der Waals surface area contributed by atoms with Gasteiger partial charge in [-0.2, -0.15) is 17.5 Å². The maximum absolute atomic E-state index is 14.4. The zero-order chi connectivity index (χ0) is 28.7. The summed E-state index contributed by atoms with van der Waals surface area (Å²) in [5.41, 5.74) is -1.51. The molecule has 214 valence electrons. The van der Waals surface area contributed by atoms with Crippen LogP contribution < -0.4 is 5.14 Å². The Kier molecular flexibility index (Phi) is 8.82. The molecule has 12 heteroatoms. The number of benzene rings is 1. The van der Waals surface area contributed by atoms with Crippen LogP contribution in [0, 0.1) is 12.8 Å². The van der Waals surface area contributed by atoms with Crippen LogP contribution in [-0.4, -0.2) is 37.8 Å². The maximum Gasteiger partial charge on any atom is 0.417 e. The van der Waals surface area contributed by atoms with Crippen LogP contribution in [0.3, 0.4) is 0 Å². The highest BCUT2D eigenvalue weighted by molar-refractivity contribution is 7.89. The van der Waals surface area contributed by atoms with Gasteiger partial charge in [0.2, 0.25) is 20.0 Å². The lowest BCUT2D eigenvalue weighted by atomic mass is 9.89. The Balaban J connectivity index is 2.24. The molecule has 0 atom stereocenters. The van der Waals surface area contributed by atoms with Crippen LogP contribution in [-0.2, 0) is 32.8 Å². The van der Waals surface area contributed by atoms with E-state index in [-0.39, 0.29) is 28.6 Å². The summed E-state index contributed by atoms with van der Waals surface area (Å²) in [7, 11) is -8.64. The number of aromatic nitrogens is 1. The molecule has 1 heterocycles. The van der Waals surface area contributed by atoms with Gasteiger partial charge in [-0.15, -0.1) is 0 Å². The summed E-state index contributed by atoms with van der Waals surface area (Å²) < 4.78 is 97.5. The van der Waals surface area contributed by atoms with Crippen LogP contribution in [0.25, 0.3) is 11.3 Å². The lowest BCUT2D eigenvalue weighted by Crippen LogP contribution is -2.47. The second-order valence-electron chi connectivity index (χ2n) is 10.7. The molecule has 0 bridgehead atoms. The third-order valence-electron chi connectivity index (χ3n) is 7.77. The summed E-state index contributed by atoms with van der Waals surface area (Å²) >= 11 is 0. The first-order valence-electron chi connectivity index (χ1n) is 12.9. The van der Waals surface area contributed by atoms with Crippen molar-refractivity contribution in [2.24, 2.45) is 11.1 Å².